The van der Waals surface area contributed by atoms with Gasteiger partial charge in [0.1, 0.15) is 0 Å². The van der Waals surface area contributed by atoms with Crippen LogP contribution in [-0.4, -0.2) is 13.9 Å². The Kier molecular flexibility index (Phi) is 4.80. The predicted molar refractivity (Wildman–Crippen MR) is 74.9 cm³/mol. The van der Waals surface area contributed by atoms with Crippen LogP contribution >= 0.6 is 17.0 Å². The molecule has 0 spiro atoms. The maximum absolute atomic E-state index is 6.87. The van der Waals surface area contributed by atoms with Crippen molar-refractivity contribution < 1.29 is 18.2 Å². The molecule has 0 saturated carbocycles. The first kappa shape index (κ1) is 16.0. The average molecular weight is 355 g/mol. The second-order valence-corrected chi connectivity index (χ2v) is 19.5. The average Bonchev–Trinajstić information content (AvgIpc) is 2.46. The zero-order chi connectivity index (χ0) is 13.5. The fourth-order valence-electron chi connectivity index (χ4n) is 2.66. The van der Waals surface area contributed by atoms with Crippen LogP contribution < -0.4 is 0 Å². The number of allylic oxidation sites excluding steroid dienone is 4. The summed E-state index contributed by atoms with van der Waals surface area (Å²) in [6.45, 7) is 13.2. The summed E-state index contributed by atoms with van der Waals surface area (Å²) >= 11 is -3.43. The van der Waals surface area contributed by atoms with E-state index < -0.39 is 18.2 Å². The summed E-state index contributed by atoms with van der Waals surface area (Å²) in [6.07, 6.45) is 7.23. The molecule has 1 rings (SSSR count). The molecule has 1 nitrogen and oxygen atoms in total. The van der Waals surface area contributed by atoms with Crippen LogP contribution in [0.25, 0.3) is 0 Å². The third-order valence-electron chi connectivity index (χ3n) is 2.78. The van der Waals surface area contributed by atoms with Gasteiger partial charge in [-0.2, -0.15) is 0 Å². The van der Waals surface area contributed by atoms with E-state index in [1.54, 1.807) is 0 Å². The summed E-state index contributed by atoms with van der Waals surface area (Å²) in [5, 5.41) is 0. The Morgan fingerprint density at radius 3 is 1.82 bits per heavy atom. The molecule has 0 atom stereocenters. The molecule has 1 aliphatic rings. The molecule has 0 aliphatic heterocycles. The topological polar surface area (TPSA) is 3.24 Å². The van der Waals surface area contributed by atoms with Crippen molar-refractivity contribution in [2.75, 3.05) is 0 Å². The number of halogens is 2. The van der Waals surface area contributed by atoms with Gasteiger partial charge >= 0.3 is 119 Å². The van der Waals surface area contributed by atoms with Gasteiger partial charge in [0.25, 0.3) is 0 Å². The number of rotatable bonds is 2. The first-order valence-corrected chi connectivity index (χ1v) is 14.7. The summed E-state index contributed by atoms with van der Waals surface area (Å²) in [7, 11) is 13.7. The molecule has 0 aromatic heterocycles. The van der Waals surface area contributed by atoms with Gasteiger partial charge in [0.2, 0.25) is 0 Å². The molecule has 0 heterocycles. The van der Waals surface area contributed by atoms with Crippen LogP contribution in [0.3, 0.4) is 0 Å². The van der Waals surface area contributed by atoms with E-state index in [1.165, 1.54) is 3.28 Å². The predicted octanol–water partition coefficient (Wildman–Crippen LogP) is 5.11. The Bertz CT molecular complexity index is 331. The number of nitrogens with zero attached hydrogens (tertiary/aromatic N) is 1. The molecule has 0 fully saturated rings. The van der Waals surface area contributed by atoms with Crippen LogP contribution in [0.1, 0.15) is 48.0 Å². The van der Waals surface area contributed by atoms with Crippen molar-refractivity contribution in [2.45, 2.75) is 59.0 Å². The monoisotopic (exact) mass is 353 g/mol. The van der Waals surface area contributed by atoms with Crippen molar-refractivity contribution in [3.63, 3.8) is 0 Å². The molecule has 0 aromatic carbocycles. The summed E-state index contributed by atoms with van der Waals surface area (Å²) in [4.78, 5) is 0. The van der Waals surface area contributed by atoms with Gasteiger partial charge in [-0.15, -0.1) is 0 Å². The van der Waals surface area contributed by atoms with Gasteiger partial charge in [0.05, 0.1) is 0 Å². The summed E-state index contributed by atoms with van der Waals surface area (Å²) in [6, 6.07) is 0. The molecule has 0 aromatic rings. The summed E-state index contributed by atoms with van der Waals surface area (Å²) in [5.41, 5.74) is -0.0253. The Hall–Kier alpha value is 0.903. The van der Waals surface area contributed by atoms with E-state index in [2.05, 4.69) is 62.6 Å². The normalized spacial score (nSPS) is 17.8. The zero-order valence-electron chi connectivity index (χ0n) is 11.6. The van der Waals surface area contributed by atoms with Crippen molar-refractivity contribution in [2.24, 2.45) is 0 Å². The Morgan fingerprint density at radius 1 is 1.06 bits per heavy atom. The molecule has 1 aliphatic carbocycles. The first-order chi connectivity index (χ1) is 7.47. The number of hydrogen-bond donors (Lipinski definition) is 0. The third-order valence-corrected chi connectivity index (χ3v) is 15.1. The molecule has 17 heavy (non-hydrogen) atoms. The fourth-order valence-corrected chi connectivity index (χ4v) is 16.8. The van der Waals surface area contributed by atoms with E-state index >= 15 is 0 Å². The number of hydrogen-bond acceptors (Lipinski definition) is 1. The van der Waals surface area contributed by atoms with Crippen LogP contribution in [0, 0.1) is 0 Å². The quantitative estimate of drug-likeness (QED) is 0.666. The minimum absolute atomic E-state index is 0.0126. The molecule has 0 radical (unpaired) electrons. The molecule has 0 amide bonds. The van der Waals surface area contributed by atoms with Crippen LogP contribution in [-0.2, 0) is 18.2 Å². The second-order valence-electron chi connectivity index (χ2n) is 6.54. The van der Waals surface area contributed by atoms with Crippen LogP contribution in [0.15, 0.2) is 21.5 Å². The van der Waals surface area contributed by atoms with Gasteiger partial charge in [0, 0.05) is 0 Å². The van der Waals surface area contributed by atoms with Gasteiger partial charge in [0.15, 0.2) is 0 Å². The zero-order valence-corrected chi connectivity index (χ0v) is 15.6. The van der Waals surface area contributed by atoms with Crippen molar-refractivity contribution in [1.82, 2.24) is 2.84 Å². The van der Waals surface area contributed by atoms with E-state index in [4.69, 9.17) is 17.0 Å². The molecular formula is C13H23Cl2NZr. The van der Waals surface area contributed by atoms with Gasteiger partial charge in [-0.1, -0.05) is 0 Å². The Balaban J connectivity index is 3.15. The third kappa shape index (κ3) is 3.69. The Morgan fingerprint density at radius 2 is 1.53 bits per heavy atom. The van der Waals surface area contributed by atoms with Gasteiger partial charge < -0.3 is 0 Å². The maximum atomic E-state index is 6.87. The van der Waals surface area contributed by atoms with Crippen molar-refractivity contribution in [3.05, 3.63) is 21.5 Å². The molecule has 0 saturated heterocycles. The standard InChI is InChI=1S/C8H18N.C5H5.2ClH.Zr/c1-7(2,3)9-8(4,5)6;1-2-4-5-3-1;;;/h1-6H3;1-3H,4H2;2*1H;/q-1;;;;+3/p-2. The van der Waals surface area contributed by atoms with Gasteiger partial charge in [-0.05, 0) is 0 Å². The fraction of sp³-hybridized carbons (Fsp3) is 0.692. The Labute approximate surface area is 118 Å². The minimum atomic E-state index is -3.43. The van der Waals surface area contributed by atoms with E-state index in [-0.39, 0.29) is 11.1 Å². The van der Waals surface area contributed by atoms with Crippen LogP contribution in [0.5, 0.6) is 0 Å². The van der Waals surface area contributed by atoms with Gasteiger partial charge in [-0.3, -0.25) is 0 Å². The van der Waals surface area contributed by atoms with E-state index in [1.807, 2.05) is 0 Å². The van der Waals surface area contributed by atoms with E-state index in [0.29, 0.717) is 0 Å². The molecule has 4 heteroatoms. The van der Waals surface area contributed by atoms with Crippen LogP contribution in [0.4, 0.5) is 0 Å². The van der Waals surface area contributed by atoms with E-state index in [0.717, 1.165) is 6.42 Å². The molecule has 98 valence electrons. The van der Waals surface area contributed by atoms with Crippen molar-refractivity contribution in [3.8, 4) is 0 Å². The molecular weight excluding hydrogens is 332 g/mol. The van der Waals surface area contributed by atoms with Crippen molar-refractivity contribution in [1.29, 1.82) is 0 Å². The molecule has 0 N–H and O–H groups in total. The van der Waals surface area contributed by atoms with Crippen LogP contribution in [0.2, 0.25) is 0 Å². The van der Waals surface area contributed by atoms with Crippen molar-refractivity contribution >= 4 is 17.0 Å². The molecule has 0 bridgehead atoms. The summed E-state index contributed by atoms with van der Waals surface area (Å²) in [5.74, 6) is 0. The molecule has 0 unspecified atom stereocenters. The summed E-state index contributed by atoms with van der Waals surface area (Å²) < 4.78 is 3.63. The van der Waals surface area contributed by atoms with E-state index in [9.17, 15) is 0 Å². The SMILES string of the molecule is CC(C)(C)[N](C(C)(C)C)[Zr]([Cl])([Cl])[C]1=CC=CC1. The first-order valence-electron chi connectivity index (χ1n) is 6.02. The van der Waals surface area contributed by atoms with Gasteiger partial charge in [-0.25, -0.2) is 0 Å². The second kappa shape index (κ2) is 5.12.